The molecule has 4 aromatic rings. The number of esters is 1. The molecule has 1 unspecified atom stereocenters. The summed E-state index contributed by atoms with van der Waals surface area (Å²) in [6.45, 7) is 4.40. The normalized spacial score (nSPS) is 12.4. The van der Waals surface area contributed by atoms with E-state index in [1.165, 1.54) is 7.11 Å². The van der Waals surface area contributed by atoms with Gasteiger partial charge < -0.3 is 19.4 Å². The van der Waals surface area contributed by atoms with Crippen LogP contribution in [0.4, 0.5) is 0 Å². The van der Waals surface area contributed by atoms with Crippen molar-refractivity contribution >= 4 is 16.9 Å². The number of methoxy groups -OCH3 is 2. The standard InChI is InChI=1S/C28H31N3O3/c1-17(2)27(31(3)4)26-24(25-22(28(32)34-6)8-7-9-23(25)30-26)20-14-19(15-29-16-20)18-10-12-21(33-5)13-11-18/h7-17,27,30H,1-6H3. The molecular weight excluding hydrogens is 426 g/mol. The van der Waals surface area contributed by atoms with Crippen LogP contribution < -0.4 is 4.74 Å². The second kappa shape index (κ2) is 9.69. The molecule has 34 heavy (non-hydrogen) atoms. The summed E-state index contributed by atoms with van der Waals surface area (Å²) < 4.78 is 10.4. The Morgan fingerprint density at radius 3 is 2.29 bits per heavy atom. The van der Waals surface area contributed by atoms with Crippen LogP contribution in [-0.4, -0.2) is 49.2 Å². The number of aromatic nitrogens is 2. The van der Waals surface area contributed by atoms with Crippen LogP contribution in [-0.2, 0) is 4.74 Å². The largest absolute Gasteiger partial charge is 0.497 e. The van der Waals surface area contributed by atoms with Gasteiger partial charge in [-0.05, 0) is 55.9 Å². The van der Waals surface area contributed by atoms with E-state index in [0.717, 1.165) is 44.6 Å². The van der Waals surface area contributed by atoms with Gasteiger partial charge in [-0.15, -0.1) is 0 Å². The van der Waals surface area contributed by atoms with E-state index in [9.17, 15) is 4.79 Å². The number of aromatic amines is 1. The number of benzene rings is 2. The van der Waals surface area contributed by atoms with Crippen molar-refractivity contribution < 1.29 is 14.3 Å². The van der Waals surface area contributed by atoms with Crippen molar-refractivity contribution in [1.29, 1.82) is 0 Å². The molecule has 0 saturated heterocycles. The summed E-state index contributed by atoms with van der Waals surface area (Å²) in [6, 6.07) is 15.9. The van der Waals surface area contributed by atoms with Crippen LogP contribution in [0.2, 0.25) is 0 Å². The number of rotatable bonds is 7. The number of hydrogen-bond donors (Lipinski definition) is 1. The molecule has 0 fully saturated rings. The molecule has 2 heterocycles. The van der Waals surface area contributed by atoms with E-state index in [-0.39, 0.29) is 12.0 Å². The van der Waals surface area contributed by atoms with Crippen molar-refractivity contribution in [1.82, 2.24) is 14.9 Å². The number of nitrogens with zero attached hydrogens (tertiary/aromatic N) is 2. The minimum atomic E-state index is -0.359. The Kier molecular flexibility index (Phi) is 6.70. The van der Waals surface area contributed by atoms with Crippen molar-refractivity contribution in [3.05, 3.63) is 72.2 Å². The van der Waals surface area contributed by atoms with Gasteiger partial charge in [0.05, 0.1) is 25.8 Å². The van der Waals surface area contributed by atoms with Crippen LogP contribution in [0, 0.1) is 5.92 Å². The van der Waals surface area contributed by atoms with Crippen LogP contribution in [0.15, 0.2) is 60.9 Å². The predicted octanol–water partition coefficient (Wildman–Crippen LogP) is 5.95. The van der Waals surface area contributed by atoms with E-state index in [2.05, 4.69) is 48.9 Å². The highest BCUT2D eigenvalue weighted by Crippen LogP contribution is 2.41. The molecule has 6 heteroatoms. The number of H-pyrrole nitrogens is 1. The molecule has 176 valence electrons. The predicted molar refractivity (Wildman–Crippen MR) is 136 cm³/mol. The molecule has 0 bridgehead atoms. The lowest BCUT2D eigenvalue weighted by Crippen LogP contribution is -2.25. The summed E-state index contributed by atoms with van der Waals surface area (Å²) in [6.07, 6.45) is 3.72. The maximum Gasteiger partial charge on any atom is 0.338 e. The minimum Gasteiger partial charge on any atom is -0.497 e. The zero-order valence-corrected chi connectivity index (χ0v) is 20.5. The Hall–Kier alpha value is -3.64. The topological polar surface area (TPSA) is 67.5 Å². The first kappa shape index (κ1) is 23.5. The van der Waals surface area contributed by atoms with Gasteiger partial charge in [0.25, 0.3) is 0 Å². The van der Waals surface area contributed by atoms with Gasteiger partial charge in [-0.2, -0.15) is 0 Å². The first-order chi connectivity index (χ1) is 16.3. The quantitative estimate of drug-likeness (QED) is 0.347. The van der Waals surface area contributed by atoms with E-state index in [1.54, 1.807) is 7.11 Å². The molecule has 0 radical (unpaired) electrons. The molecule has 2 aromatic carbocycles. The molecule has 0 saturated carbocycles. The Balaban J connectivity index is 2.00. The Bertz CT molecular complexity index is 1300. The maximum absolute atomic E-state index is 12.7. The minimum absolute atomic E-state index is 0.109. The highest BCUT2D eigenvalue weighted by atomic mass is 16.5. The second-order valence-corrected chi connectivity index (χ2v) is 8.98. The van der Waals surface area contributed by atoms with Crippen molar-refractivity contribution in [3.63, 3.8) is 0 Å². The second-order valence-electron chi connectivity index (χ2n) is 8.98. The maximum atomic E-state index is 12.7. The first-order valence-electron chi connectivity index (χ1n) is 11.3. The molecular formula is C28H31N3O3. The van der Waals surface area contributed by atoms with Gasteiger partial charge in [0.1, 0.15) is 5.75 Å². The zero-order valence-electron chi connectivity index (χ0n) is 20.5. The Morgan fingerprint density at radius 2 is 1.68 bits per heavy atom. The van der Waals surface area contributed by atoms with Crippen molar-refractivity contribution in [2.75, 3.05) is 28.3 Å². The highest BCUT2D eigenvalue weighted by molar-refractivity contribution is 6.11. The van der Waals surface area contributed by atoms with Gasteiger partial charge in [-0.25, -0.2) is 4.79 Å². The summed E-state index contributed by atoms with van der Waals surface area (Å²) >= 11 is 0. The zero-order chi connectivity index (χ0) is 24.4. The lowest BCUT2D eigenvalue weighted by atomic mass is 9.91. The third kappa shape index (κ3) is 4.29. The highest BCUT2D eigenvalue weighted by Gasteiger charge is 2.28. The van der Waals surface area contributed by atoms with E-state index < -0.39 is 0 Å². The fourth-order valence-corrected chi connectivity index (χ4v) is 4.78. The lowest BCUT2D eigenvalue weighted by Gasteiger charge is -2.28. The van der Waals surface area contributed by atoms with Crippen molar-refractivity contribution in [2.24, 2.45) is 5.92 Å². The number of pyridine rings is 1. The summed E-state index contributed by atoms with van der Waals surface area (Å²) in [5, 5.41) is 0.852. The van der Waals surface area contributed by atoms with Gasteiger partial charge in [0.2, 0.25) is 0 Å². The first-order valence-corrected chi connectivity index (χ1v) is 11.3. The van der Waals surface area contributed by atoms with E-state index in [1.807, 2.05) is 54.9 Å². The third-order valence-electron chi connectivity index (χ3n) is 6.19. The molecule has 1 N–H and O–H groups in total. The summed E-state index contributed by atoms with van der Waals surface area (Å²) in [5.41, 5.74) is 6.44. The molecule has 0 aliphatic heterocycles. The smallest absolute Gasteiger partial charge is 0.338 e. The molecule has 0 spiro atoms. The number of hydrogen-bond acceptors (Lipinski definition) is 5. The van der Waals surface area contributed by atoms with E-state index in [4.69, 9.17) is 9.47 Å². The Labute approximate surface area is 200 Å². The third-order valence-corrected chi connectivity index (χ3v) is 6.19. The molecule has 0 amide bonds. The fourth-order valence-electron chi connectivity index (χ4n) is 4.78. The summed E-state index contributed by atoms with van der Waals surface area (Å²) in [7, 11) is 7.22. The average Bonchev–Trinajstić information content (AvgIpc) is 3.22. The SMILES string of the molecule is COC(=O)c1cccc2[nH]c(C(C(C)C)N(C)C)c(-c3cncc(-c4ccc(OC)cc4)c3)c12. The van der Waals surface area contributed by atoms with Gasteiger partial charge in [0.15, 0.2) is 0 Å². The lowest BCUT2D eigenvalue weighted by molar-refractivity contribution is 0.0603. The van der Waals surface area contributed by atoms with Crippen LogP contribution in [0.25, 0.3) is 33.2 Å². The molecule has 1 atom stereocenters. The number of fused-ring (bicyclic) bond motifs is 1. The van der Waals surface area contributed by atoms with Crippen LogP contribution in [0.1, 0.15) is 35.9 Å². The van der Waals surface area contributed by atoms with Gasteiger partial charge in [0, 0.05) is 45.7 Å². The monoisotopic (exact) mass is 457 g/mol. The van der Waals surface area contributed by atoms with Crippen molar-refractivity contribution in [2.45, 2.75) is 19.9 Å². The number of ether oxygens (including phenoxy) is 2. The molecule has 6 nitrogen and oxygen atoms in total. The molecule has 0 aliphatic rings. The fraction of sp³-hybridized carbons (Fsp3) is 0.286. The van der Waals surface area contributed by atoms with Gasteiger partial charge in [-0.1, -0.05) is 32.0 Å². The number of carbonyl (C=O) groups is 1. The van der Waals surface area contributed by atoms with E-state index >= 15 is 0 Å². The number of nitrogens with one attached hydrogen (secondary N) is 1. The molecule has 0 aliphatic carbocycles. The van der Waals surface area contributed by atoms with Gasteiger partial charge >= 0.3 is 5.97 Å². The summed E-state index contributed by atoms with van der Waals surface area (Å²) in [5.74, 6) is 0.781. The Morgan fingerprint density at radius 1 is 0.971 bits per heavy atom. The van der Waals surface area contributed by atoms with Gasteiger partial charge in [-0.3, -0.25) is 4.98 Å². The molecule has 4 rings (SSSR count). The average molecular weight is 458 g/mol. The molecule has 2 aromatic heterocycles. The van der Waals surface area contributed by atoms with Crippen LogP contribution in [0.3, 0.4) is 0 Å². The van der Waals surface area contributed by atoms with Crippen LogP contribution >= 0.6 is 0 Å². The number of carbonyl (C=O) groups excluding carboxylic acids is 1. The summed E-state index contributed by atoms with van der Waals surface area (Å²) in [4.78, 5) is 23.1. The van der Waals surface area contributed by atoms with Crippen molar-refractivity contribution in [3.8, 4) is 28.0 Å². The van der Waals surface area contributed by atoms with E-state index in [0.29, 0.717) is 11.5 Å². The van der Waals surface area contributed by atoms with Crippen LogP contribution in [0.5, 0.6) is 5.75 Å².